The van der Waals surface area contributed by atoms with Gasteiger partial charge in [0.05, 0.1) is 17.3 Å². The second kappa shape index (κ2) is 4.48. The lowest BCUT2D eigenvalue weighted by Gasteiger charge is -2.07. The van der Waals surface area contributed by atoms with Gasteiger partial charge in [0.1, 0.15) is 0 Å². The van der Waals surface area contributed by atoms with Gasteiger partial charge < -0.3 is 10.5 Å². The number of sulfone groups is 1. The van der Waals surface area contributed by atoms with E-state index in [1.165, 1.54) is 12.3 Å². The zero-order valence-electron chi connectivity index (χ0n) is 8.73. The molecule has 0 bridgehead atoms. The minimum absolute atomic E-state index is 0.0319. The normalized spacial score (nSPS) is 11.3. The summed E-state index contributed by atoms with van der Waals surface area (Å²) in [6.45, 7) is 3.79. The van der Waals surface area contributed by atoms with Gasteiger partial charge in [-0.3, -0.25) is 0 Å². The highest BCUT2D eigenvalue weighted by atomic mass is 32.2. The molecule has 0 amide bonds. The van der Waals surface area contributed by atoms with Gasteiger partial charge in [0, 0.05) is 12.3 Å². The first-order valence-electron chi connectivity index (χ1n) is 4.62. The fourth-order valence-corrected chi connectivity index (χ4v) is 1.88. The summed E-state index contributed by atoms with van der Waals surface area (Å²) >= 11 is 0. The van der Waals surface area contributed by atoms with Crippen LogP contribution in [0.25, 0.3) is 0 Å². The maximum atomic E-state index is 11.5. The van der Waals surface area contributed by atoms with Gasteiger partial charge in [-0.15, -0.1) is 0 Å². The minimum Gasteiger partial charge on any atom is -0.490 e. The molecule has 0 aromatic carbocycles. The zero-order valence-corrected chi connectivity index (χ0v) is 9.54. The maximum absolute atomic E-state index is 11.5. The Morgan fingerprint density at radius 1 is 1.47 bits per heavy atom. The molecular formula is C9H14N2O3S. The summed E-state index contributed by atoms with van der Waals surface area (Å²) in [5.74, 6) is 0.545. The SMILES string of the molecule is CCOc1cc(S(=O)(=O)CC)cnc1N. The average Bonchev–Trinajstić information content (AvgIpc) is 2.21. The molecule has 5 nitrogen and oxygen atoms in total. The van der Waals surface area contributed by atoms with Crippen molar-refractivity contribution in [1.29, 1.82) is 0 Å². The number of anilines is 1. The molecule has 0 fully saturated rings. The Morgan fingerprint density at radius 2 is 2.13 bits per heavy atom. The third-order valence-electron chi connectivity index (χ3n) is 1.90. The molecule has 0 aliphatic heterocycles. The van der Waals surface area contributed by atoms with Crippen molar-refractivity contribution >= 4 is 15.7 Å². The van der Waals surface area contributed by atoms with Crippen LogP contribution in [-0.2, 0) is 9.84 Å². The van der Waals surface area contributed by atoms with Gasteiger partial charge in [0.15, 0.2) is 21.4 Å². The Bertz CT molecular complexity index is 443. The first-order valence-corrected chi connectivity index (χ1v) is 6.27. The van der Waals surface area contributed by atoms with Crippen LogP contribution < -0.4 is 10.5 Å². The molecule has 1 aromatic rings. The van der Waals surface area contributed by atoms with E-state index in [4.69, 9.17) is 10.5 Å². The van der Waals surface area contributed by atoms with Crippen molar-refractivity contribution in [1.82, 2.24) is 4.98 Å². The Hall–Kier alpha value is -1.30. The van der Waals surface area contributed by atoms with Crippen molar-refractivity contribution in [2.75, 3.05) is 18.1 Å². The third-order valence-corrected chi connectivity index (χ3v) is 3.60. The van der Waals surface area contributed by atoms with E-state index in [1.807, 2.05) is 0 Å². The number of nitrogen functional groups attached to an aromatic ring is 1. The van der Waals surface area contributed by atoms with Crippen LogP contribution in [0.4, 0.5) is 5.82 Å². The minimum atomic E-state index is -3.25. The monoisotopic (exact) mass is 230 g/mol. The Balaban J connectivity index is 3.19. The van der Waals surface area contributed by atoms with Gasteiger partial charge in [-0.25, -0.2) is 13.4 Å². The highest BCUT2D eigenvalue weighted by Crippen LogP contribution is 2.23. The average molecular weight is 230 g/mol. The molecule has 1 rings (SSSR count). The summed E-state index contributed by atoms with van der Waals surface area (Å²) in [4.78, 5) is 3.93. The molecule has 0 atom stereocenters. The Morgan fingerprint density at radius 3 is 2.67 bits per heavy atom. The molecule has 84 valence electrons. The first-order chi connectivity index (χ1) is 7.01. The van der Waals surface area contributed by atoms with Crippen molar-refractivity contribution in [3.05, 3.63) is 12.3 Å². The second-order valence-corrected chi connectivity index (χ2v) is 5.17. The van der Waals surface area contributed by atoms with Crippen LogP contribution in [0.3, 0.4) is 0 Å². The molecule has 0 saturated heterocycles. The largest absolute Gasteiger partial charge is 0.490 e. The fraction of sp³-hybridized carbons (Fsp3) is 0.444. The van der Waals surface area contributed by atoms with Crippen molar-refractivity contribution < 1.29 is 13.2 Å². The molecule has 1 aromatic heterocycles. The van der Waals surface area contributed by atoms with Crippen molar-refractivity contribution in [3.8, 4) is 5.75 Å². The van der Waals surface area contributed by atoms with Crippen LogP contribution in [0.15, 0.2) is 17.2 Å². The summed E-state index contributed by atoms with van der Waals surface area (Å²) in [5.41, 5.74) is 5.53. The lowest BCUT2D eigenvalue weighted by atomic mass is 10.4. The van der Waals surface area contributed by atoms with Crippen LogP contribution in [0.2, 0.25) is 0 Å². The number of rotatable bonds is 4. The number of aromatic nitrogens is 1. The van der Waals surface area contributed by atoms with Crippen LogP contribution in [0, 0.1) is 0 Å². The third kappa shape index (κ3) is 2.59. The van der Waals surface area contributed by atoms with Crippen molar-refractivity contribution in [2.45, 2.75) is 18.7 Å². The molecule has 0 saturated carbocycles. The molecule has 0 aliphatic rings. The van der Waals surface area contributed by atoms with E-state index in [0.717, 1.165) is 0 Å². The highest BCUT2D eigenvalue weighted by Gasteiger charge is 2.14. The van der Waals surface area contributed by atoms with E-state index in [9.17, 15) is 8.42 Å². The van der Waals surface area contributed by atoms with Gasteiger partial charge in [0.2, 0.25) is 0 Å². The molecule has 15 heavy (non-hydrogen) atoms. The molecule has 6 heteroatoms. The first kappa shape index (κ1) is 11.8. The van der Waals surface area contributed by atoms with Gasteiger partial charge in [-0.05, 0) is 6.92 Å². The molecule has 1 heterocycles. The maximum Gasteiger partial charge on any atom is 0.179 e. The van der Waals surface area contributed by atoms with Crippen molar-refractivity contribution in [3.63, 3.8) is 0 Å². The van der Waals surface area contributed by atoms with Crippen LogP contribution in [0.5, 0.6) is 5.75 Å². The quantitative estimate of drug-likeness (QED) is 0.829. The summed E-state index contributed by atoms with van der Waals surface area (Å²) in [6, 6.07) is 1.41. The van der Waals surface area contributed by atoms with Gasteiger partial charge >= 0.3 is 0 Å². The van der Waals surface area contributed by atoms with E-state index < -0.39 is 9.84 Å². The molecule has 0 radical (unpaired) electrons. The number of hydrogen-bond acceptors (Lipinski definition) is 5. The molecular weight excluding hydrogens is 216 g/mol. The van der Waals surface area contributed by atoms with Crippen LogP contribution >= 0.6 is 0 Å². The van der Waals surface area contributed by atoms with Gasteiger partial charge in [-0.1, -0.05) is 6.92 Å². The number of nitrogens with zero attached hydrogens (tertiary/aromatic N) is 1. The van der Waals surface area contributed by atoms with E-state index in [0.29, 0.717) is 12.4 Å². The predicted molar refractivity (Wildman–Crippen MR) is 57.5 cm³/mol. The molecule has 0 aliphatic carbocycles. The number of hydrogen-bond donors (Lipinski definition) is 1. The standard InChI is InChI=1S/C9H14N2O3S/c1-3-14-8-5-7(6-11-9(8)10)15(12,13)4-2/h5-6H,3-4H2,1-2H3,(H2,10,11). The Labute approximate surface area is 89.2 Å². The summed E-state index contributed by atoms with van der Waals surface area (Å²) in [6.07, 6.45) is 1.25. The zero-order chi connectivity index (χ0) is 11.5. The summed E-state index contributed by atoms with van der Waals surface area (Å²) in [5, 5.41) is 0. The topological polar surface area (TPSA) is 82.3 Å². The predicted octanol–water partition coefficient (Wildman–Crippen LogP) is 0.856. The van der Waals surface area contributed by atoms with Crippen LogP contribution in [0.1, 0.15) is 13.8 Å². The second-order valence-electron chi connectivity index (χ2n) is 2.89. The van der Waals surface area contributed by atoms with E-state index in [2.05, 4.69) is 4.98 Å². The Kier molecular flexibility index (Phi) is 3.52. The summed E-state index contributed by atoms with van der Waals surface area (Å²) in [7, 11) is -3.25. The number of pyridine rings is 1. The smallest absolute Gasteiger partial charge is 0.179 e. The van der Waals surface area contributed by atoms with Gasteiger partial charge in [-0.2, -0.15) is 0 Å². The molecule has 2 N–H and O–H groups in total. The van der Waals surface area contributed by atoms with Crippen LogP contribution in [-0.4, -0.2) is 25.8 Å². The van der Waals surface area contributed by atoms with E-state index >= 15 is 0 Å². The lowest BCUT2D eigenvalue weighted by molar-refractivity contribution is 0.340. The summed E-state index contributed by atoms with van der Waals surface area (Å²) < 4.78 is 28.2. The molecule has 0 unspecified atom stereocenters. The number of nitrogens with two attached hydrogens (primary N) is 1. The lowest BCUT2D eigenvalue weighted by Crippen LogP contribution is -2.07. The fourth-order valence-electron chi connectivity index (χ4n) is 1.05. The van der Waals surface area contributed by atoms with Gasteiger partial charge in [0.25, 0.3) is 0 Å². The molecule has 0 spiro atoms. The van der Waals surface area contributed by atoms with E-state index in [1.54, 1.807) is 13.8 Å². The van der Waals surface area contributed by atoms with Crippen molar-refractivity contribution in [2.24, 2.45) is 0 Å². The number of ether oxygens (including phenoxy) is 1. The van der Waals surface area contributed by atoms with E-state index in [-0.39, 0.29) is 16.5 Å². The highest BCUT2D eigenvalue weighted by molar-refractivity contribution is 7.91.